The number of nitrogens with one attached hydrogen (secondary N) is 1. The first kappa shape index (κ1) is 24.4. The molecule has 3 N–H and O–H groups in total. The van der Waals surface area contributed by atoms with E-state index in [9.17, 15) is 18.0 Å². The van der Waals surface area contributed by atoms with Crippen LogP contribution in [0.1, 0.15) is 49.4 Å². The van der Waals surface area contributed by atoms with E-state index in [1.807, 2.05) is 0 Å². The van der Waals surface area contributed by atoms with Crippen molar-refractivity contribution in [1.82, 2.24) is 24.8 Å². The standard InChI is InChI=1S/C24H26F3N7O/c25-24(26,27)17-7-3-6-16(14-17)18-15-32-22(28)33-21(18)19-8-1-2-13-34(19)20(35)9-4-10-29-23-30-11-5-12-31-23/h3,5-7,11-12,14-15,19H,1-2,4,8-10,13H2,(H2,28,32,33)(H,29,30,31)/t19-/m1/s1. The van der Waals surface area contributed by atoms with Gasteiger partial charge < -0.3 is 16.0 Å². The highest BCUT2D eigenvalue weighted by Gasteiger charge is 2.33. The first-order chi connectivity index (χ1) is 16.8. The number of carbonyl (C=O) groups is 1. The van der Waals surface area contributed by atoms with Gasteiger partial charge in [-0.1, -0.05) is 12.1 Å². The molecular formula is C24H26F3N7O. The number of hydrogen-bond donors (Lipinski definition) is 2. The fourth-order valence-electron chi connectivity index (χ4n) is 4.24. The van der Waals surface area contributed by atoms with Crippen LogP contribution in [0.3, 0.4) is 0 Å². The molecule has 1 atom stereocenters. The lowest BCUT2D eigenvalue weighted by atomic mass is 9.93. The van der Waals surface area contributed by atoms with Gasteiger partial charge in [-0.25, -0.2) is 19.9 Å². The molecule has 4 rings (SSSR count). The van der Waals surface area contributed by atoms with E-state index in [2.05, 4.69) is 25.3 Å². The number of hydrogen-bond acceptors (Lipinski definition) is 7. The van der Waals surface area contributed by atoms with Crippen LogP contribution in [0.2, 0.25) is 0 Å². The zero-order valence-electron chi connectivity index (χ0n) is 19.0. The summed E-state index contributed by atoms with van der Waals surface area (Å²) >= 11 is 0. The van der Waals surface area contributed by atoms with Crippen LogP contribution < -0.4 is 11.1 Å². The van der Waals surface area contributed by atoms with Gasteiger partial charge in [-0.05, 0) is 49.4 Å². The lowest BCUT2D eigenvalue weighted by Crippen LogP contribution is -2.39. The Morgan fingerprint density at radius 3 is 2.71 bits per heavy atom. The Hall–Kier alpha value is -3.76. The summed E-state index contributed by atoms with van der Waals surface area (Å²) in [5.41, 5.74) is 6.35. The summed E-state index contributed by atoms with van der Waals surface area (Å²) in [7, 11) is 0. The third kappa shape index (κ3) is 6.03. The quantitative estimate of drug-likeness (QED) is 0.475. The molecule has 1 saturated heterocycles. The molecule has 1 amide bonds. The summed E-state index contributed by atoms with van der Waals surface area (Å²) in [6, 6.07) is 6.36. The molecule has 1 aliphatic heterocycles. The van der Waals surface area contributed by atoms with Gasteiger partial charge in [0, 0.05) is 43.7 Å². The molecule has 0 radical (unpaired) electrons. The van der Waals surface area contributed by atoms with Crippen LogP contribution in [0.4, 0.5) is 25.1 Å². The van der Waals surface area contributed by atoms with Crippen molar-refractivity contribution in [3.05, 3.63) is 60.2 Å². The Bertz CT molecular complexity index is 1160. The van der Waals surface area contributed by atoms with Crippen LogP contribution in [0.25, 0.3) is 11.1 Å². The molecule has 3 heterocycles. The number of rotatable bonds is 7. The first-order valence-corrected chi connectivity index (χ1v) is 11.4. The Kier molecular flexibility index (Phi) is 7.42. The third-order valence-corrected chi connectivity index (χ3v) is 5.89. The molecule has 3 aromatic rings. The molecule has 1 fully saturated rings. The zero-order chi connectivity index (χ0) is 24.8. The number of alkyl halides is 3. The molecular weight excluding hydrogens is 459 g/mol. The van der Waals surface area contributed by atoms with Crippen molar-refractivity contribution in [3.63, 3.8) is 0 Å². The van der Waals surface area contributed by atoms with Crippen LogP contribution in [0.5, 0.6) is 0 Å². The van der Waals surface area contributed by atoms with Crippen LogP contribution in [0, 0.1) is 0 Å². The normalized spacial score (nSPS) is 16.2. The molecule has 0 unspecified atom stereocenters. The van der Waals surface area contributed by atoms with Crippen molar-refractivity contribution in [2.75, 3.05) is 24.1 Å². The fraction of sp³-hybridized carbons (Fsp3) is 0.375. The second kappa shape index (κ2) is 10.7. The van der Waals surface area contributed by atoms with E-state index >= 15 is 0 Å². The Morgan fingerprint density at radius 2 is 1.94 bits per heavy atom. The molecule has 35 heavy (non-hydrogen) atoms. The highest BCUT2D eigenvalue weighted by atomic mass is 19.4. The molecule has 1 aromatic carbocycles. The van der Waals surface area contributed by atoms with Gasteiger partial charge in [-0.15, -0.1) is 0 Å². The second-order valence-corrected chi connectivity index (χ2v) is 8.31. The topological polar surface area (TPSA) is 110 Å². The van der Waals surface area contributed by atoms with Crippen LogP contribution in [-0.2, 0) is 11.0 Å². The maximum absolute atomic E-state index is 13.3. The Morgan fingerprint density at radius 1 is 1.14 bits per heavy atom. The maximum Gasteiger partial charge on any atom is 0.416 e. The van der Waals surface area contributed by atoms with E-state index in [4.69, 9.17) is 5.73 Å². The molecule has 184 valence electrons. The van der Waals surface area contributed by atoms with Crippen molar-refractivity contribution >= 4 is 17.8 Å². The van der Waals surface area contributed by atoms with Crippen molar-refractivity contribution in [2.24, 2.45) is 0 Å². The minimum absolute atomic E-state index is 0.0146. The number of nitrogen functional groups attached to an aromatic ring is 1. The summed E-state index contributed by atoms with van der Waals surface area (Å²) in [4.78, 5) is 31.5. The third-order valence-electron chi connectivity index (χ3n) is 5.89. The molecule has 2 aromatic heterocycles. The molecule has 0 aliphatic carbocycles. The summed E-state index contributed by atoms with van der Waals surface area (Å²) in [5.74, 6) is 0.469. The highest BCUT2D eigenvalue weighted by molar-refractivity contribution is 5.77. The lowest BCUT2D eigenvalue weighted by Gasteiger charge is -2.36. The largest absolute Gasteiger partial charge is 0.416 e. The van der Waals surface area contributed by atoms with Crippen molar-refractivity contribution in [1.29, 1.82) is 0 Å². The minimum atomic E-state index is -4.48. The van der Waals surface area contributed by atoms with Gasteiger partial charge in [-0.2, -0.15) is 13.2 Å². The maximum atomic E-state index is 13.3. The van der Waals surface area contributed by atoms with Gasteiger partial charge in [0.05, 0.1) is 17.3 Å². The number of piperidine rings is 1. The summed E-state index contributed by atoms with van der Waals surface area (Å²) in [6.45, 7) is 1.08. The van der Waals surface area contributed by atoms with E-state index < -0.39 is 17.8 Å². The van der Waals surface area contributed by atoms with Crippen LogP contribution >= 0.6 is 0 Å². The molecule has 8 nitrogen and oxygen atoms in total. The molecule has 0 saturated carbocycles. The molecule has 0 bridgehead atoms. The van der Waals surface area contributed by atoms with Gasteiger partial charge >= 0.3 is 6.18 Å². The van der Waals surface area contributed by atoms with Crippen molar-refractivity contribution in [2.45, 2.75) is 44.3 Å². The smallest absolute Gasteiger partial charge is 0.368 e. The SMILES string of the molecule is Nc1ncc(-c2cccc(C(F)(F)F)c2)c([C@H]2CCCCN2C(=O)CCCNc2ncccn2)n1. The predicted octanol–water partition coefficient (Wildman–Crippen LogP) is 4.48. The number of aromatic nitrogens is 4. The Labute approximate surface area is 200 Å². The average Bonchev–Trinajstić information content (AvgIpc) is 2.86. The first-order valence-electron chi connectivity index (χ1n) is 11.4. The number of nitrogens with zero attached hydrogens (tertiary/aromatic N) is 5. The van der Waals surface area contributed by atoms with Gasteiger partial charge in [0.1, 0.15) is 0 Å². The summed E-state index contributed by atoms with van der Waals surface area (Å²) in [5, 5.41) is 3.08. The number of carbonyl (C=O) groups excluding carboxylic acids is 1. The summed E-state index contributed by atoms with van der Waals surface area (Å²) < 4.78 is 39.9. The van der Waals surface area contributed by atoms with Crippen molar-refractivity contribution in [3.8, 4) is 11.1 Å². The van der Waals surface area contributed by atoms with E-state index in [-0.39, 0.29) is 11.9 Å². The van der Waals surface area contributed by atoms with E-state index in [1.54, 1.807) is 29.4 Å². The molecule has 0 spiro atoms. The average molecular weight is 486 g/mol. The van der Waals surface area contributed by atoms with E-state index in [0.717, 1.165) is 25.0 Å². The fourth-order valence-corrected chi connectivity index (χ4v) is 4.24. The number of nitrogens with two attached hydrogens (primary N) is 1. The lowest BCUT2D eigenvalue weighted by molar-refractivity contribution is -0.137. The number of halogens is 3. The minimum Gasteiger partial charge on any atom is -0.368 e. The van der Waals surface area contributed by atoms with Crippen LogP contribution in [-0.4, -0.2) is 43.8 Å². The number of amides is 1. The summed E-state index contributed by atoms with van der Waals surface area (Å²) in [6.07, 6.45) is 3.46. The number of likely N-dealkylation sites (tertiary alicyclic amines) is 1. The second-order valence-electron chi connectivity index (χ2n) is 8.31. The predicted molar refractivity (Wildman–Crippen MR) is 125 cm³/mol. The number of anilines is 2. The van der Waals surface area contributed by atoms with Gasteiger partial charge in [0.2, 0.25) is 17.8 Å². The Balaban J connectivity index is 1.54. The van der Waals surface area contributed by atoms with Gasteiger partial charge in [-0.3, -0.25) is 4.79 Å². The monoisotopic (exact) mass is 485 g/mol. The highest BCUT2D eigenvalue weighted by Crippen LogP contribution is 2.38. The molecule has 1 aliphatic rings. The molecule has 11 heteroatoms. The van der Waals surface area contributed by atoms with E-state index in [1.165, 1.54) is 12.3 Å². The number of benzene rings is 1. The van der Waals surface area contributed by atoms with E-state index in [0.29, 0.717) is 55.1 Å². The van der Waals surface area contributed by atoms with Gasteiger partial charge in [0.15, 0.2) is 0 Å². The van der Waals surface area contributed by atoms with Gasteiger partial charge in [0.25, 0.3) is 0 Å². The van der Waals surface area contributed by atoms with Crippen molar-refractivity contribution < 1.29 is 18.0 Å². The zero-order valence-corrected chi connectivity index (χ0v) is 19.0. The van der Waals surface area contributed by atoms with Crippen LogP contribution in [0.15, 0.2) is 48.9 Å².